The molecular formula is C17H28Br2N2. The van der Waals surface area contributed by atoms with Crippen LogP contribution in [0.15, 0.2) is 27.1 Å². The van der Waals surface area contributed by atoms with Gasteiger partial charge in [0.2, 0.25) is 0 Å². The molecule has 0 aromatic heterocycles. The van der Waals surface area contributed by atoms with Crippen molar-refractivity contribution in [2.45, 2.75) is 45.7 Å². The van der Waals surface area contributed by atoms with Crippen molar-refractivity contribution < 1.29 is 0 Å². The number of hydrogen-bond acceptors (Lipinski definition) is 2. The maximum absolute atomic E-state index is 3.70. The lowest BCUT2D eigenvalue weighted by Gasteiger charge is -2.32. The summed E-state index contributed by atoms with van der Waals surface area (Å²) in [4.78, 5) is 2.36. The third-order valence-corrected chi connectivity index (χ3v) is 5.50. The predicted molar refractivity (Wildman–Crippen MR) is 99.8 cm³/mol. The number of hydrogen-bond donors (Lipinski definition) is 1. The van der Waals surface area contributed by atoms with Gasteiger partial charge < -0.3 is 10.2 Å². The summed E-state index contributed by atoms with van der Waals surface area (Å²) in [6, 6.07) is 7.30. The first-order valence-corrected chi connectivity index (χ1v) is 9.34. The van der Waals surface area contributed by atoms with E-state index in [-0.39, 0.29) is 0 Å². The molecule has 21 heavy (non-hydrogen) atoms. The molecule has 2 unspecified atom stereocenters. The van der Waals surface area contributed by atoms with Gasteiger partial charge in [0.15, 0.2) is 0 Å². The van der Waals surface area contributed by atoms with Gasteiger partial charge in [0.1, 0.15) is 0 Å². The first kappa shape index (κ1) is 19.1. The zero-order valence-electron chi connectivity index (χ0n) is 13.8. The Morgan fingerprint density at radius 3 is 2.24 bits per heavy atom. The number of likely N-dealkylation sites (N-methyl/N-ethyl adjacent to an activating group) is 1. The van der Waals surface area contributed by atoms with Gasteiger partial charge in [-0.15, -0.1) is 0 Å². The molecule has 0 saturated heterocycles. The lowest BCUT2D eigenvalue weighted by atomic mass is 9.93. The normalized spacial score (nSPS) is 14.7. The van der Waals surface area contributed by atoms with Gasteiger partial charge in [-0.3, -0.25) is 0 Å². The molecule has 0 aliphatic heterocycles. The highest BCUT2D eigenvalue weighted by Crippen LogP contribution is 2.27. The quantitative estimate of drug-likeness (QED) is 0.620. The first-order valence-electron chi connectivity index (χ1n) is 7.75. The second-order valence-electron chi connectivity index (χ2n) is 5.90. The summed E-state index contributed by atoms with van der Waals surface area (Å²) in [6.45, 7) is 7.83. The topological polar surface area (TPSA) is 15.3 Å². The molecule has 0 aliphatic rings. The molecular weight excluding hydrogens is 392 g/mol. The molecule has 4 heteroatoms. The van der Waals surface area contributed by atoms with E-state index in [1.807, 2.05) is 0 Å². The van der Waals surface area contributed by atoms with Gasteiger partial charge in [-0.05, 0) is 44.6 Å². The fourth-order valence-electron chi connectivity index (χ4n) is 2.86. The molecule has 2 nitrogen and oxygen atoms in total. The standard InChI is InChI=1S/C17H28Br2N2/c1-6-13(7-2)17(21(4)5)11-20-12(3)15-9-8-14(18)10-16(15)19/h8-10,12-13,17,20H,6-7,11H2,1-5H3. The highest BCUT2D eigenvalue weighted by molar-refractivity contribution is 9.11. The van der Waals surface area contributed by atoms with Crippen LogP contribution in [0.3, 0.4) is 0 Å². The van der Waals surface area contributed by atoms with Crippen LogP contribution in [-0.4, -0.2) is 31.6 Å². The largest absolute Gasteiger partial charge is 0.309 e. The zero-order chi connectivity index (χ0) is 16.0. The summed E-state index contributed by atoms with van der Waals surface area (Å²) in [5, 5.41) is 3.70. The Kier molecular flexibility index (Phi) is 8.47. The Balaban J connectivity index is 2.71. The smallest absolute Gasteiger partial charge is 0.0303 e. The third-order valence-electron chi connectivity index (χ3n) is 4.32. The van der Waals surface area contributed by atoms with Gasteiger partial charge in [-0.25, -0.2) is 0 Å². The van der Waals surface area contributed by atoms with Gasteiger partial charge in [0.05, 0.1) is 0 Å². The van der Waals surface area contributed by atoms with E-state index in [9.17, 15) is 0 Å². The number of nitrogens with one attached hydrogen (secondary N) is 1. The lowest BCUT2D eigenvalue weighted by molar-refractivity contribution is 0.190. The second kappa shape index (κ2) is 9.29. The number of benzene rings is 1. The van der Waals surface area contributed by atoms with Crippen LogP contribution in [-0.2, 0) is 0 Å². The maximum atomic E-state index is 3.70. The fraction of sp³-hybridized carbons (Fsp3) is 0.647. The van der Waals surface area contributed by atoms with Crippen LogP contribution in [0.25, 0.3) is 0 Å². The van der Waals surface area contributed by atoms with Crippen LogP contribution in [0.2, 0.25) is 0 Å². The number of rotatable bonds is 8. The predicted octanol–water partition coefficient (Wildman–Crippen LogP) is 5.23. The molecule has 2 atom stereocenters. The van der Waals surface area contributed by atoms with E-state index < -0.39 is 0 Å². The molecule has 0 fully saturated rings. The Labute approximate surface area is 146 Å². The van der Waals surface area contributed by atoms with Crippen molar-refractivity contribution in [3.8, 4) is 0 Å². The summed E-state index contributed by atoms with van der Waals surface area (Å²) in [5.41, 5.74) is 1.31. The minimum Gasteiger partial charge on any atom is -0.309 e. The van der Waals surface area contributed by atoms with Crippen molar-refractivity contribution in [1.29, 1.82) is 0 Å². The van der Waals surface area contributed by atoms with Crippen molar-refractivity contribution in [2.75, 3.05) is 20.6 Å². The van der Waals surface area contributed by atoms with Gasteiger partial charge in [-0.1, -0.05) is 64.6 Å². The van der Waals surface area contributed by atoms with Gasteiger partial charge >= 0.3 is 0 Å². The fourth-order valence-corrected chi connectivity index (χ4v) is 4.25. The van der Waals surface area contributed by atoms with E-state index in [0.29, 0.717) is 12.1 Å². The monoisotopic (exact) mass is 418 g/mol. The molecule has 0 heterocycles. The summed E-state index contributed by atoms with van der Waals surface area (Å²) in [7, 11) is 4.37. The molecule has 120 valence electrons. The SMILES string of the molecule is CCC(CC)C(CNC(C)c1ccc(Br)cc1Br)N(C)C. The average Bonchev–Trinajstić information content (AvgIpc) is 2.42. The van der Waals surface area contributed by atoms with Gasteiger partial charge in [0, 0.05) is 27.6 Å². The zero-order valence-corrected chi connectivity index (χ0v) is 17.0. The van der Waals surface area contributed by atoms with E-state index in [2.05, 4.69) is 95.1 Å². The molecule has 0 radical (unpaired) electrons. The lowest BCUT2D eigenvalue weighted by Crippen LogP contribution is -2.43. The minimum atomic E-state index is 0.337. The molecule has 0 amide bonds. The van der Waals surface area contributed by atoms with Gasteiger partial charge in [-0.2, -0.15) is 0 Å². The highest BCUT2D eigenvalue weighted by atomic mass is 79.9. The van der Waals surface area contributed by atoms with Crippen molar-refractivity contribution in [3.05, 3.63) is 32.7 Å². The van der Waals surface area contributed by atoms with Crippen molar-refractivity contribution in [3.63, 3.8) is 0 Å². The van der Waals surface area contributed by atoms with Crippen LogP contribution in [0.4, 0.5) is 0 Å². The molecule has 1 N–H and O–H groups in total. The van der Waals surface area contributed by atoms with Crippen molar-refractivity contribution in [1.82, 2.24) is 10.2 Å². The Hall–Kier alpha value is 0.1000. The average molecular weight is 420 g/mol. The molecule has 0 spiro atoms. The summed E-state index contributed by atoms with van der Waals surface area (Å²) in [6.07, 6.45) is 2.47. The molecule has 0 aliphatic carbocycles. The Morgan fingerprint density at radius 1 is 1.14 bits per heavy atom. The first-order chi connectivity index (χ1) is 9.90. The van der Waals surface area contributed by atoms with Crippen LogP contribution in [0.5, 0.6) is 0 Å². The maximum Gasteiger partial charge on any atom is 0.0303 e. The number of nitrogens with zero attached hydrogens (tertiary/aromatic N) is 1. The Morgan fingerprint density at radius 2 is 1.76 bits per heavy atom. The summed E-state index contributed by atoms with van der Waals surface area (Å²) in [5.74, 6) is 0.744. The summed E-state index contributed by atoms with van der Waals surface area (Å²) < 4.78 is 2.26. The molecule has 1 rings (SSSR count). The van der Waals surface area contributed by atoms with E-state index in [4.69, 9.17) is 0 Å². The van der Waals surface area contributed by atoms with Crippen LogP contribution >= 0.6 is 31.9 Å². The van der Waals surface area contributed by atoms with Gasteiger partial charge in [0.25, 0.3) is 0 Å². The van der Waals surface area contributed by atoms with Crippen molar-refractivity contribution in [2.24, 2.45) is 5.92 Å². The van der Waals surface area contributed by atoms with Crippen molar-refractivity contribution >= 4 is 31.9 Å². The number of halogens is 2. The highest BCUT2D eigenvalue weighted by Gasteiger charge is 2.21. The molecule has 1 aromatic rings. The third kappa shape index (κ3) is 5.66. The van der Waals surface area contributed by atoms with Crippen LogP contribution < -0.4 is 5.32 Å². The second-order valence-corrected chi connectivity index (χ2v) is 7.67. The molecule has 1 aromatic carbocycles. The van der Waals surface area contributed by atoms with Crippen LogP contribution in [0.1, 0.15) is 45.2 Å². The van der Waals surface area contributed by atoms with E-state index in [0.717, 1.165) is 21.4 Å². The summed E-state index contributed by atoms with van der Waals surface area (Å²) >= 11 is 7.17. The van der Waals surface area contributed by atoms with E-state index in [1.165, 1.54) is 18.4 Å². The Bertz CT molecular complexity index is 431. The minimum absolute atomic E-state index is 0.337. The van der Waals surface area contributed by atoms with E-state index in [1.54, 1.807) is 0 Å². The molecule has 0 saturated carbocycles. The molecule has 0 bridgehead atoms. The van der Waals surface area contributed by atoms with Crippen LogP contribution in [0, 0.1) is 5.92 Å². The van der Waals surface area contributed by atoms with E-state index >= 15 is 0 Å².